The smallest absolute Gasteiger partial charge is 0.388 e. The molecule has 0 aromatic carbocycles. The van der Waals surface area contributed by atoms with Gasteiger partial charge in [-0.15, -0.1) is 0 Å². The van der Waals surface area contributed by atoms with Gasteiger partial charge < -0.3 is 14.6 Å². The van der Waals surface area contributed by atoms with Crippen LogP contribution in [-0.4, -0.2) is 56.7 Å². The second-order valence-corrected chi connectivity index (χ2v) is 5.26. The highest BCUT2D eigenvalue weighted by Crippen LogP contribution is 2.33. The Bertz CT molecular complexity index is 393. The first-order valence-corrected chi connectivity index (χ1v) is 6.04. The lowest BCUT2D eigenvalue weighted by atomic mass is 10.1. The molecule has 6 nitrogen and oxygen atoms in total. The van der Waals surface area contributed by atoms with Gasteiger partial charge in [0.25, 0.3) is 0 Å². The number of aliphatic hydroxyl groups excluding tert-OH is 1. The molecule has 0 unspecified atom stereocenters. The van der Waals surface area contributed by atoms with Gasteiger partial charge in [-0.2, -0.15) is 21.6 Å². The Balaban J connectivity index is 2.07. The summed E-state index contributed by atoms with van der Waals surface area (Å²) in [5.74, 6) is 0. The summed E-state index contributed by atoms with van der Waals surface area (Å²) in [7, 11) is -5.68. The molecule has 10 heteroatoms. The largest absolute Gasteiger partial charge is 0.523 e. The van der Waals surface area contributed by atoms with Gasteiger partial charge in [0.2, 0.25) is 0 Å². The molecule has 0 bridgehead atoms. The highest BCUT2D eigenvalue weighted by atomic mass is 32.2. The monoisotopic (exact) mass is 278 g/mol. The van der Waals surface area contributed by atoms with E-state index in [-0.39, 0.29) is 13.2 Å². The van der Waals surface area contributed by atoms with E-state index in [0.29, 0.717) is 0 Å². The van der Waals surface area contributed by atoms with Crippen LogP contribution in [0.1, 0.15) is 0 Å². The summed E-state index contributed by atoms with van der Waals surface area (Å²) in [5.41, 5.74) is -5.48. The number of halogens is 3. The van der Waals surface area contributed by atoms with Crippen molar-refractivity contribution in [2.45, 2.75) is 29.9 Å². The van der Waals surface area contributed by atoms with Crippen LogP contribution in [0.4, 0.5) is 13.2 Å². The highest BCUT2D eigenvalue weighted by Gasteiger charge is 2.54. The zero-order valence-corrected chi connectivity index (χ0v) is 9.07. The molecule has 2 heterocycles. The fourth-order valence-electron chi connectivity index (χ4n) is 1.74. The first-order chi connectivity index (χ1) is 7.72. The van der Waals surface area contributed by atoms with Crippen LogP contribution in [0.5, 0.6) is 0 Å². The molecule has 4 atom stereocenters. The number of hydrogen-bond donors (Lipinski definition) is 1. The molecule has 2 saturated heterocycles. The predicted octanol–water partition coefficient (Wildman–Crippen LogP) is -0.620. The van der Waals surface area contributed by atoms with Crippen LogP contribution < -0.4 is 0 Å². The minimum absolute atomic E-state index is 0.124. The Morgan fingerprint density at radius 2 is 1.76 bits per heavy atom. The number of alkyl halides is 3. The third-order valence-electron chi connectivity index (χ3n) is 2.52. The fourth-order valence-corrected chi connectivity index (χ4v) is 2.34. The van der Waals surface area contributed by atoms with Crippen LogP contribution in [0.3, 0.4) is 0 Å². The molecule has 2 fully saturated rings. The summed E-state index contributed by atoms with van der Waals surface area (Å²) in [4.78, 5) is 0. The fraction of sp³-hybridized carbons (Fsp3) is 1.00. The molecular formula is C7H9F3O6S. The van der Waals surface area contributed by atoms with Gasteiger partial charge in [0.15, 0.2) is 0 Å². The summed E-state index contributed by atoms with van der Waals surface area (Å²) < 4.78 is 71.6. The average molecular weight is 278 g/mol. The van der Waals surface area contributed by atoms with Gasteiger partial charge in [0.1, 0.15) is 24.4 Å². The molecule has 0 saturated carbocycles. The van der Waals surface area contributed by atoms with Gasteiger partial charge in [-0.3, -0.25) is 4.18 Å². The average Bonchev–Trinajstić information content (AvgIpc) is 2.70. The Morgan fingerprint density at radius 3 is 2.35 bits per heavy atom. The second kappa shape index (κ2) is 4.05. The summed E-state index contributed by atoms with van der Waals surface area (Å²) in [5, 5.41) is 9.30. The van der Waals surface area contributed by atoms with Gasteiger partial charge in [0.05, 0.1) is 13.2 Å². The molecule has 0 aliphatic carbocycles. The van der Waals surface area contributed by atoms with Crippen LogP contribution >= 0.6 is 0 Å². The molecule has 0 radical (unpaired) electrons. The third-order valence-corrected chi connectivity index (χ3v) is 3.58. The van der Waals surface area contributed by atoms with Crippen molar-refractivity contribution in [3.8, 4) is 0 Å². The second-order valence-electron chi connectivity index (χ2n) is 3.70. The maximum Gasteiger partial charge on any atom is 0.523 e. The van der Waals surface area contributed by atoms with E-state index < -0.39 is 40.0 Å². The Morgan fingerprint density at radius 1 is 1.18 bits per heavy atom. The van der Waals surface area contributed by atoms with Crippen molar-refractivity contribution < 1.29 is 40.4 Å². The first kappa shape index (κ1) is 13.0. The maximum atomic E-state index is 12.1. The van der Waals surface area contributed by atoms with E-state index in [1.54, 1.807) is 0 Å². The summed E-state index contributed by atoms with van der Waals surface area (Å²) in [6.45, 7) is -0.497. The Labute approximate surface area is 94.4 Å². The molecule has 2 aliphatic heterocycles. The van der Waals surface area contributed by atoms with Gasteiger partial charge in [-0.25, -0.2) is 0 Å². The molecule has 1 N–H and O–H groups in total. The minimum atomic E-state index is -5.68. The standard InChI is InChI=1S/C7H9F3O6S/c8-7(9,10)17(12,13)16-4-2-15-5-3(11)1-14-6(4)5/h3-6,11H,1-2H2/t3-,4-,5+,6+/m0/s1. The van der Waals surface area contributed by atoms with E-state index in [1.165, 1.54) is 0 Å². The zero-order chi connectivity index (χ0) is 12.8. The molecule has 17 heavy (non-hydrogen) atoms. The number of fused-ring (bicyclic) bond motifs is 1. The molecule has 0 aromatic heterocycles. The number of aliphatic hydroxyl groups is 1. The van der Waals surface area contributed by atoms with Crippen LogP contribution in [-0.2, 0) is 23.8 Å². The van der Waals surface area contributed by atoms with Crippen LogP contribution in [0.15, 0.2) is 0 Å². The number of hydrogen-bond acceptors (Lipinski definition) is 6. The summed E-state index contributed by atoms with van der Waals surface area (Å²) in [6, 6.07) is 0. The molecule has 0 aromatic rings. The number of rotatable bonds is 2. The molecule has 2 aliphatic rings. The molecular weight excluding hydrogens is 269 g/mol. The minimum Gasteiger partial charge on any atom is -0.388 e. The van der Waals surface area contributed by atoms with E-state index in [1.807, 2.05) is 0 Å². The zero-order valence-electron chi connectivity index (χ0n) is 8.25. The van der Waals surface area contributed by atoms with Gasteiger partial charge >= 0.3 is 15.6 Å². The van der Waals surface area contributed by atoms with E-state index in [0.717, 1.165) is 0 Å². The van der Waals surface area contributed by atoms with E-state index in [4.69, 9.17) is 9.47 Å². The van der Waals surface area contributed by atoms with Crippen molar-refractivity contribution in [2.75, 3.05) is 13.2 Å². The topological polar surface area (TPSA) is 82.1 Å². The van der Waals surface area contributed by atoms with Gasteiger partial charge in [0, 0.05) is 0 Å². The molecule has 0 amide bonds. The predicted molar refractivity (Wildman–Crippen MR) is 45.3 cm³/mol. The maximum absolute atomic E-state index is 12.1. The molecule has 100 valence electrons. The van der Waals surface area contributed by atoms with Gasteiger partial charge in [-0.1, -0.05) is 0 Å². The lowest BCUT2D eigenvalue weighted by Gasteiger charge is -2.17. The van der Waals surface area contributed by atoms with Crippen molar-refractivity contribution in [3.63, 3.8) is 0 Å². The lowest BCUT2D eigenvalue weighted by Crippen LogP contribution is -2.37. The third kappa shape index (κ3) is 2.27. The SMILES string of the molecule is O=S(=O)(O[C@H]1CO[C@H]2[C@@H]1OC[C@@H]2O)C(F)(F)F. The summed E-state index contributed by atoms with van der Waals surface area (Å²) >= 11 is 0. The van der Waals surface area contributed by atoms with Crippen molar-refractivity contribution in [2.24, 2.45) is 0 Å². The van der Waals surface area contributed by atoms with Crippen LogP contribution in [0.25, 0.3) is 0 Å². The van der Waals surface area contributed by atoms with Crippen LogP contribution in [0.2, 0.25) is 0 Å². The molecule has 2 rings (SSSR count). The lowest BCUT2D eigenvalue weighted by molar-refractivity contribution is -0.0629. The van der Waals surface area contributed by atoms with E-state index in [9.17, 15) is 26.7 Å². The van der Waals surface area contributed by atoms with E-state index >= 15 is 0 Å². The van der Waals surface area contributed by atoms with Crippen molar-refractivity contribution >= 4 is 10.1 Å². The van der Waals surface area contributed by atoms with E-state index in [2.05, 4.69) is 4.18 Å². The quantitative estimate of drug-likeness (QED) is 0.535. The molecule has 0 spiro atoms. The first-order valence-electron chi connectivity index (χ1n) is 4.63. The highest BCUT2D eigenvalue weighted by molar-refractivity contribution is 7.87. The van der Waals surface area contributed by atoms with Crippen molar-refractivity contribution in [1.29, 1.82) is 0 Å². The normalized spacial score (nSPS) is 38.4. The Hall–Kier alpha value is -0.420. The van der Waals surface area contributed by atoms with Crippen molar-refractivity contribution in [3.05, 3.63) is 0 Å². The van der Waals surface area contributed by atoms with Crippen molar-refractivity contribution in [1.82, 2.24) is 0 Å². The van der Waals surface area contributed by atoms with Crippen LogP contribution in [0, 0.1) is 0 Å². The number of ether oxygens (including phenoxy) is 2. The van der Waals surface area contributed by atoms with Gasteiger partial charge in [-0.05, 0) is 0 Å². The Kier molecular flexibility index (Phi) is 3.11. The summed E-state index contributed by atoms with van der Waals surface area (Å²) in [6.07, 6.45) is -4.21.